The number of hydrogen-bond donors (Lipinski definition) is 3. The lowest BCUT2D eigenvalue weighted by atomic mass is 10.0. The van der Waals surface area contributed by atoms with Crippen LogP contribution in [0.25, 0.3) is 21.3 Å². The average Bonchev–Trinajstić information content (AvgIpc) is 3.32. The minimum absolute atomic E-state index is 0.188. The number of amides is 2. The Morgan fingerprint density at radius 3 is 2.60 bits per heavy atom. The van der Waals surface area contributed by atoms with Crippen LogP contribution in [0.1, 0.15) is 4.88 Å². The number of nitrogen functional groups attached to an aromatic ring is 1. The van der Waals surface area contributed by atoms with Gasteiger partial charge in [-0.3, -0.25) is 0 Å². The van der Waals surface area contributed by atoms with Crippen LogP contribution in [0.5, 0.6) is 11.5 Å². The van der Waals surface area contributed by atoms with Crippen molar-refractivity contribution in [1.82, 2.24) is 9.97 Å². The summed E-state index contributed by atoms with van der Waals surface area (Å²) in [5.74, 6) is 1.74. The van der Waals surface area contributed by atoms with E-state index in [-0.39, 0.29) is 12.8 Å². The van der Waals surface area contributed by atoms with Gasteiger partial charge in [0, 0.05) is 27.9 Å². The van der Waals surface area contributed by atoms with E-state index in [0.717, 1.165) is 26.2 Å². The molecule has 0 spiro atoms. The number of hydrogen-bond acceptors (Lipinski definition) is 7. The zero-order chi connectivity index (χ0) is 20.7. The lowest BCUT2D eigenvalue weighted by Crippen LogP contribution is -2.19. The predicted molar refractivity (Wildman–Crippen MR) is 117 cm³/mol. The third kappa shape index (κ3) is 3.25. The molecule has 0 saturated carbocycles. The Labute approximate surface area is 175 Å². The first-order valence-corrected chi connectivity index (χ1v) is 9.98. The zero-order valence-corrected chi connectivity index (χ0v) is 16.7. The van der Waals surface area contributed by atoms with Crippen molar-refractivity contribution in [2.45, 2.75) is 6.92 Å². The Hall–Kier alpha value is -3.85. The van der Waals surface area contributed by atoms with Gasteiger partial charge in [0.2, 0.25) is 6.79 Å². The highest BCUT2D eigenvalue weighted by atomic mass is 32.1. The first kappa shape index (κ1) is 18.2. The summed E-state index contributed by atoms with van der Waals surface area (Å²) >= 11 is 1.58. The van der Waals surface area contributed by atoms with Gasteiger partial charge in [-0.05, 0) is 36.8 Å². The van der Waals surface area contributed by atoms with E-state index in [0.29, 0.717) is 28.7 Å². The standard InChI is InChI=1S/C21H17N5O3S/c1-11-17(18-19(22)23-9-24-20(18)30-11)12-2-4-13(5-3-12)25-21(27)26-14-6-7-15-16(8-14)29-10-28-15/h2-9H,10H2,1H3,(H2,22,23,24)(H2,25,26,27). The van der Waals surface area contributed by atoms with E-state index in [4.69, 9.17) is 15.2 Å². The highest BCUT2D eigenvalue weighted by Crippen LogP contribution is 2.39. The highest BCUT2D eigenvalue weighted by Gasteiger charge is 2.16. The molecule has 2 amide bonds. The molecule has 0 atom stereocenters. The van der Waals surface area contributed by atoms with Crippen molar-refractivity contribution in [3.05, 3.63) is 53.7 Å². The fourth-order valence-electron chi connectivity index (χ4n) is 3.40. The molecule has 150 valence electrons. The largest absolute Gasteiger partial charge is 0.454 e. The number of rotatable bonds is 3. The van der Waals surface area contributed by atoms with E-state index in [2.05, 4.69) is 20.6 Å². The third-order valence-electron chi connectivity index (χ3n) is 4.76. The fraction of sp³-hybridized carbons (Fsp3) is 0.0952. The van der Waals surface area contributed by atoms with Crippen LogP contribution in [0.3, 0.4) is 0 Å². The maximum atomic E-state index is 12.3. The van der Waals surface area contributed by atoms with E-state index in [9.17, 15) is 4.79 Å². The Balaban J connectivity index is 1.33. The molecule has 30 heavy (non-hydrogen) atoms. The van der Waals surface area contributed by atoms with Crippen LogP contribution in [0.15, 0.2) is 48.8 Å². The minimum atomic E-state index is -0.351. The van der Waals surface area contributed by atoms with Crippen molar-refractivity contribution in [3.63, 3.8) is 0 Å². The number of nitrogens with one attached hydrogen (secondary N) is 2. The Bertz CT molecular complexity index is 1270. The second-order valence-electron chi connectivity index (χ2n) is 6.70. The molecular formula is C21H17N5O3S. The molecule has 2 aromatic carbocycles. The first-order chi connectivity index (χ1) is 14.6. The SMILES string of the molecule is Cc1sc2ncnc(N)c2c1-c1ccc(NC(=O)Nc2ccc3c(c2)OCO3)cc1. The van der Waals surface area contributed by atoms with Crippen molar-refractivity contribution in [3.8, 4) is 22.6 Å². The molecule has 0 saturated heterocycles. The summed E-state index contributed by atoms with van der Waals surface area (Å²) in [5, 5.41) is 6.47. The van der Waals surface area contributed by atoms with Crippen LogP contribution in [0.2, 0.25) is 0 Å². The van der Waals surface area contributed by atoms with Gasteiger partial charge in [0.1, 0.15) is 17.0 Å². The number of benzene rings is 2. The van der Waals surface area contributed by atoms with Crippen LogP contribution in [0.4, 0.5) is 22.0 Å². The van der Waals surface area contributed by atoms with Crippen LogP contribution in [-0.2, 0) is 0 Å². The smallest absolute Gasteiger partial charge is 0.323 e. The highest BCUT2D eigenvalue weighted by molar-refractivity contribution is 7.19. The van der Waals surface area contributed by atoms with Crippen LogP contribution >= 0.6 is 11.3 Å². The lowest BCUT2D eigenvalue weighted by molar-refractivity contribution is 0.174. The van der Waals surface area contributed by atoms with Crippen molar-refractivity contribution in [2.75, 3.05) is 23.2 Å². The number of nitrogens with zero attached hydrogens (tertiary/aromatic N) is 2. The van der Waals surface area contributed by atoms with Gasteiger partial charge < -0.3 is 25.8 Å². The topological polar surface area (TPSA) is 111 Å². The first-order valence-electron chi connectivity index (χ1n) is 9.16. The molecule has 1 aliphatic rings. The summed E-state index contributed by atoms with van der Waals surface area (Å²) in [6, 6.07) is 12.5. The molecule has 5 rings (SSSR count). The molecule has 4 aromatic rings. The van der Waals surface area contributed by atoms with Gasteiger partial charge in [-0.25, -0.2) is 14.8 Å². The monoisotopic (exact) mass is 419 g/mol. The summed E-state index contributed by atoms with van der Waals surface area (Å²) in [6.45, 7) is 2.22. The summed E-state index contributed by atoms with van der Waals surface area (Å²) < 4.78 is 10.6. The van der Waals surface area contributed by atoms with E-state index in [1.807, 2.05) is 31.2 Å². The number of ether oxygens (including phenoxy) is 2. The van der Waals surface area contributed by atoms with Gasteiger partial charge in [0.25, 0.3) is 0 Å². The van der Waals surface area contributed by atoms with E-state index < -0.39 is 0 Å². The molecule has 9 heteroatoms. The van der Waals surface area contributed by atoms with Crippen molar-refractivity contribution < 1.29 is 14.3 Å². The molecule has 0 unspecified atom stereocenters. The molecule has 0 aliphatic carbocycles. The lowest BCUT2D eigenvalue weighted by Gasteiger charge is -2.09. The fourth-order valence-corrected chi connectivity index (χ4v) is 4.42. The Morgan fingerprint density at radius 2 is 1.77 bits per heavy atom. The third-order valence-corrected chi connectivity index (χ3v) is 5.77. The number of aromatic nitrogens is 2. The second kappa shape index (κ2) is 7.20. The number of thiophene rings is 1. The molecule has 3 heterocycles. The summed E-state index contributed by atoms with van der Waals surface area (Å²) in [7, 11) is 0. The minimum Gasteiger partial charge on any atom is -0.454 e. The average molecular weight is 419 g/mol. The van der Waals surface area contributed by atoms with Gasteiger partial charge in [-0.1, -0.05) is 12.1 Å². The number of urea groups is 1. The molecule has 8 nitrogen and oxygen atoms in total. The maximum Gasteiger partial charge on any atom is 0.323 e. The van der Waals surface area contributed by atoms with E-state index in [1.54, 1.807) is 29.5 Å². The van der Waals surface area contributed by atoms with Crippen LogP contribution < -0.4 is 25.8 Å². The second-order valence-corrected chi connectivity index (χ2v) is 7.90. The molecule has 4 N–H and O–H groups in total. The quantitative estimate of drug-likeness (QED) is 0.447. The number of anilines is 3. The number of carbonyl (C=O) groups excluding carboxylic acids is 1. The van der Waals surface area contributed by atoms with Crippen LogP contribution in [-0.4, -0.2) is 22.8 Å². The van der Waals surface area contributed by atoms with Crippen molar-refractivity contribution in [2.24, 2.45) is 0 Å². The van der Waals surface area contributed by atoms with Gasteiger partial charge in [0.05, 0.1) is 5.39 Å². The van der Waals surface area contributed by atoms with Crippen molar-refractivity contribution >= 4 is 44.8 Å². The maximum absolute atomic E-state index is 12.3. The normalized spacial score (nSPS) is 12.2. The number of carbonyl (C=O) groups is 1. The van der Waals surface area contributed by atoms with Crippen LogP contribution in [0, 0.1) is 6.92 Å². The molecular weight excluding hydrogens is 402 g/mol. The number of aryl methyl sites for hydroxylation is 1. The zero-order valence-electron chi connectivity index (χ0n) is 15.9. The molecule has 0 bridgehead atoms. The van der Waals surface area contributed by atoms with Crippen molar-refractivity contribution in [1.29, 1.82) is 0 Å². The molecule has 2 aromatic heterocycles. The molecule has 1 aliphatic heterocycles. The Kier molecular flexibility index (Phi) is 4.36. The number of fused-ring (bicyclic) bond motifs is 2. The predicted octanol–water partition coefficient (Wildman–Crippen LogP) is 4.62. The van der Waals surface area contributed by atoms with E-state index >= 15 is 0 Å². The van der Waals surface area contributed by atoms with Gasteiger partial charge in [-0.15, -0.1) is 11.3 Å². The summed E-state index contributed by atoms with van der Waals surface area (Å²) in [6.07, 6.45) is 1.48. The summed E-state index contributed by atoms with van der Waals surface area (Å²) in [4.78, 5) is 22.7. The molecule has 0 fully saturated rings. The van der Waals surface area contributed by atoms with Gasteiger partial charge >= 0.3 is 6.03 Å². The number of nitrogens with two attached hydrogens (primary N) is 1. The van der Waals surface area contributed by atoms with Gasteiger partial charge in [0.15, 0.2) is 11.5 Å². The Morgan fingerprint density at radius 1 is 1.03 bits per heavy atom. The van der Waals surface area contributed by atoms with E-state index in [1.165, 1.54) is 6.33 Å². The summed E-state index contributed by atoms with van der Waals surface area (Å²) in [5.41, 5.74) is 9.37. The van der Waals surface area contributed by atoms with Gasteiger partial charge in [-0.2, -0.15) is 0 Å². The molecule has 0 radical (unpaired) electrons.